The van der Waals surface area contributed by atoms with E-state index in [1.807, 2.05) is 4.90 Å². The predicted molar refractivity (Wildman–Crippen MR) is 108 cm³/mol. The highest BCUT2D eigenvalue weighted by atomic mass is 16.6. The minimum absolute atomic E-state index is 0.128. The Morgan fingerprint density at radius 2 is 2.03 bits per heavy atom. The van der Waals surface area contributed by atoms with E-state index < -0.39 is 22.8 Å². The van der Waals surface area contributed by atoms with E-state index in [4.69, 9.17) is 9.47 Å². The van der Waals surface area contributed by atoms with Gasteiger partial charge in [0.15, 0.2) is 0 Å². The van der Waals surface area contributed by atoms with Crippen LogP contribution in [0.2, 0.25) is 0 Å². The number of carbonyl (C=O) groups is 2. The fourth-order valence-corrected chi connectivity index (χ4v) is 3.82. The summed E-state index contributed by atoms with van der Waals surface area (Å²) in [7, 11) is 0. The number of carbonyl (C=O) groups excluding carboxylic acids is 2. The Kier molecular flexibility index (Phi) is 6.09. The normalized spacial score (nSPS) is 18.3. The third-order valence-electron chi connectivity index (χ3n) is 5.00. The number of non-ortho nitro benzene ring substituents is 1. The maximum atomic E-state index is 13.1. The molecule has 0 aromatic heterocycles. The van der Waals surface area contributed by atoms with Gasteiger partial charge in [-0.3, -0.25) is 10.1 Å². The first-order chi connectivity index (χ1) is 14.3. The third kappa shape index (κ3) is 3.87. The highest BCUT2D eigenvalue weighted by Gasteiger charge is 2.43. The van der Waals surface area contributed by atoms with Crippen molar-refractivity contribution in [3.63, 3.8) is 0 Å². The summed E-state index contributed by atoms with van der Waals surface area (Å²) in [4.78, 5) is 38.8. The molecule has 160 valence electrons. The second-order valence-electron chi connectivity index (χ2n) is 7.30. The molecule has 3 rings (SSSR count). The van der Waals surface area contributed by atoms with Crippen molar-refractivity contribution in [2.75, 3.05) is 19.7 Å². The first kappa shape index (κ1) is 21.4. The molecule has 0 aliphatic carbocycles. The van der Waals surface area contributed by atoms with Gasteiger partial charge < -0.3 is 19.7 Å². The number of esters is 2. The molecule has 1 fully saturated rings. The average molecular weight is 415 g/mol. The number of nitro groups is 1. The van der Waals surface area contributed by atoms with Crippen LogP contribution in [0.4, 0.5) is 5.69 Å². The minimum atomic E-state index is -0.855. The lowest BCUT2D eigenvalue weighted by Gasteiger charge is -2.35. The van der Waals surface area contributed by atoms with E-state index in [-0.39, 0.29) is 29.5 Å². The molecular weight excluding hydrogens is 390 g/mol. The highest BCUT2D eigenvalue weighted by molar-refractivity contribution is 6.00. The van der Waals surface area contributed by atoms with Gasteiger partial charge >= 0.3 is 11.9 Å². The van der Waals surface area contributed by atoms with Gasteiger partial charge in [-0.25, -0.2) is 9.59 Å². The molecule has 2 heterocycles. The van der Waals surface area contributed by atoms with Crippen LogP contribution in [-0.4, -0.2) is 47.6 Å². The molecule has 30 heavy (non-hydrogen) atoms. The van der Waals surface area contributed by atoms with Gasteiger partial charge in [0.2, 0.25) is 0 Å². The molecule has 0 bridgehead atoms. The number of nitrogens with zero attached hydrogens (tertiary/aromatic N) is 2. The molecule has 1 N–H and O–H groups in total. The molecule has 1 unspecified atom stereocenters. The molecule has 9 heteroatoms. The molecule has 0 spiro atoms. The van der Waals surface area contributed by atoms with Crippen molar-refractivity contribution in [3.8, 4) is 0 Å². The van der Waals surface area contributed by atoms with Crippen LogP contribution < -0.4 is 5.32 Å². The Hall–Kier alpha value is -3.36. The van der Waals surface area contributed by atoms with E-state index in [0.29, 0.717) is 30.2 Å². The monoisotopic (exact) mass is 415 g/mol. The summed E-state index contributed by atoms with van der Waals surface area (Å²) in [6.07, 6.45) is -0.364. The molecule has 0 amide bonds. The van der Waals surface area contributed by atoms with Gasteiger partial charge in [0, 0.05) is 30.9 Å². The van der Waals surface area contributed by atoms with Gasteiger partial charge in [-0.15, -0.1) is 0 Å². The van der Waals surface area contributed by atoms with E-state index in [9.17, 15) is 19.7 Å². The van der Waals surface area contributed by atoms with Gasteiger partial charge in [0.25, 0.3) is 5.69 Å². The number of allylic oxidation sites excluding steroid dienone is 1. The van der Waals surface area contributed by atoms with Crippen LogP contribution in [-0.2, 0) is 19.1 Å². The fraction of sp³-hybridized carbons (Fsp3) is 0.429. The standard InChI is InChI=1S/C21H25N3O6/c1-5-29-20(25)18-17(14-7-6-8-15(11-14)24(27)28)16(21(26)30-12(2)3)13(4)23-10-9-22-19(18)23/h6-8,11-12,17,22H,5,9-10H2,1-4H3. The topological polar surface area (TPSA) is 111 Å². The quantitative estimate of drug-likeness (QED) is 0.429. The zero-order valence-electron chi connectivity index (χ0n) is 17.4. The van der Waals surface area contributed by atoms with Crippen LogP contribution in [0, 0.1) is 10.1 Å². The van der Waals surface area contributed by atoms with E-state index in [1.165, 1.54) is 18.2 Å². The highest BCUT2D eigenvalue weighted by Crippen LogP contribution is 2.43. The second-order valence-corrected chi connectivity index (χ2v) is 7.30. The first-order valence-corrected chi connectivity index (χ1v) is 9.85. The van der Waals surface area contributed by atoms with Crippen LogP contribution in [0.1, 0.15) is 39.2 Å². The van der Waals surface area contributed by atoms with Crippen molar-refractivity contribution in [1.29, 1.82) is 0 Å². The van der Waals surface area contributed by atoms with Crippen molar-refractivity contribution < 1.29 is 24.0 Å². The molecule has 2 aliphatic heterocycles. The third-order valence-corrected chi connectivity index (χ3v) is 5.00. The first-order valence-electron chi connectivity index (χ1n) is 9.85. The molecule has 2 aliphatic rings. The van der Waals surface area contributed by atoms with Crippen molar-refractivity contribution in [1.82, 2.24) is 10.2 Å². The number of nitrogens with one attached hydrogen (secondary N) is 1. The molecule has 1 atom stereocenters. The lowest BCUT2D eigenvalue weighted by molar-refractivity contribution is -0.384. The van der Waals surface area contributed by atoms with Crippen LogP contribution in [0.3, 0.4) is 0 Å². The average Bonchev–Trinajstić information content (AvgIpc) is 3.17. The lowest BCUT2D eigenvalue weighted by atomic mass is 9.80. The van der Waals surface area contributed by atoms with Crippen molar-refractivity contribution in [2.24, 2.45) is 0 Å². The summed E-state index contributed by atoms with van der Waals surface area (Å²) in [5, 5.41) is 14.5. The largest absolute Gasteiger partial charge is 0.463 e. The summed E-state index contributed by atoms with van der Waals surface area (Å²) in [5.74, 6) is -1.44. The Balaban J connectivity index is 2.24. The Labute approximate surface area is 174 Å². The molecule has 1 saturated heterocycles. The van der Waals surface area contributed by atoms with Crippen LogP contribution in [0.5, 0.6) is 0 Å². The number of rotatable bonds is 6. The number of hydrogen-bond donors (Lipinski definition) is 1. The number of benzene rings is 1. The zero-order chi connectivity index (χ0) is 22.0. The number of nitro benzene ring substituents is 1. The van der Waals surface area contributed by atoms with Crippen LogP contribution >= 0.6 is 0 Å². The lowest BCUT2D eigenvalue weighted by Crippen LogP contribution is -2.36. The SMILES string of the molecule is CCOC(=O)C1=C2NCCN2C(C)=C(C(=O)OC(C)C)C1c1cccc([N+](=O)[O-])c1. The smallest absolute Gasteiger partial charge is 0.338 e. The van der Waals surface area contributed by atoms with E-state index >= 15 is 0 Å². The maximum Gasteiger partial charge on any atom is 0.338 e. The minimum Gasteiger partial charge on any atom is -0.463 e. The van der Waals surface area contributed by atoms with Gasteiger partial charge in [-0.05, 0) is 33.3 Å². The van der Waals surface area contributed by atoms with E-state index in [1.54, 1.807) is 33.8 Å². The summed E-state index contributed by atoms with van der Waals surface area (Å²) in [5.41, 5.74) is 1.49. The number of ether oxygens (including phenoxy) is 2. The fourth-order valence-electron chi connectivity index (χ4n) is 3.82. The van der Waals surface area contributed by atoms with Crippen molar-refractivity contribution in [2.45, 2.75) is 39.7 Å². The summed E-state index contributed by atoms with van der Waals surface area (Å²) in [6.45, 7) is 8.28. The van der Waals surface area contributed by atoms with E-state index in [0.717, 1.165) is 0 Å². The Morgan fingerprint density at radius 3 is 2.67 bits per heavy atom. The van der Waals surface area contributed by atoms with Crippen molar-refractivity contribution >= 4 is 17.6 Å². The van der Waals surface area contributed by atoms with Gasteiger partial charge in [-0.2, -0.15) is 0 Å². The number of fused-ring (bicyclic) bond motifs is 1. The summed E-state index contributed by atoms with van der Waals surface area (Å²) < 4.78 is 10.8. The van der Waals surface area contributed by atoms with Crippen LogP contribution in [0.15, 0.2) is 46.9 Å². The van der Waals surface area contributed by atoms with Crippen molar-refractivity contribution in [3.05, 3.63) is 62.6 Å². The Bertz CT molecular complexity index is 950. The molecule has 0 radical (unpaired) electrons. The maximum absolute atomic E-state index is 13.1. The van der Waals surface area contributed by atoms with E-state index in [2.05, 4.69) is 5.32 Å². The predicted octanol–water partition coefficient (Wildman–Crippen LogP) is 2.60. The summed E-state index contributed by atoms with van der Waals surface area (Å²) in [6, 6.07) is 5.95. The zero-order valence-corrected chi connectivity index (χ0v) is 17.4. The van der Waals surface area contributed by atoms with Gasteiger partial charge in [0.1, 0.15) is 5.82 Å². The molecule has 1 aromatic rings. The molecule has 0 saturated carbocycles. The number of hydrogen-bond acceptors (Lipinski definition) is 8. The second kappa shape index (κ2) is 8.56. The van der Waals surface area contributed by atoms with Gasteiger partial charge in [-0.1, -0.05) is 12.1 Å². The van der Waals surface area contributed by atoms with Crippen LogP contribution in [0.25, 0.3) is 0 Å². The van der Waals surface area contributed by atoms with Gasteiger partial charge in [0.05, 0.1) is 34.7 Å². The molecule has 1 aromatic carbocycles. The summed E-state index contributed by atoms with van der Waals surface area (Å²) >= 11 is 0. The molecule has 9 nitrogen and oxygen atoms in total. The Morgan fingerprint density at radius 1 is 1.30 bits per heavy atom. The molecular formula is C21H25N3O6.